The molecule has 0 bridgehead atoms. The van der Waals surface area contributed by atoms with Gasteiger partial charge in [-0.2, -0.15) is 0 Å². The molecule has 0 fully saturated rings. The van der Waals surface area contributed by atoms with Crippen LogP contribution in [0.5, 0.6) is 5.75 Å². The Morgan fingerprint density at radius 2 is 2.00 bits per heavy atom. The van der Waals surface area contributed by atoms with Gasteiger partial charge in [-0.05, 0) is 29.3 Å². The number of unbranched alkanes of at least 4 members (excludes halogenated alkanes) is 1. The van der Waals surface area contributed by atoms with E-state index in [9.17, 15) is 4.79 Å². The largest absolute Gasteiger partial charge is 0.492 e. The average Bonchev–Trinajstić information content (AvgIpc) is 2.92. The number of thiophene rings is 1. The molecule has 3 rings (SSSR count). The van der Waals surface area contributed by atoms with Gasteiger partial charge in [-0.15, -0.1) is 11.3 Å². The van der Waals surface area contributed by atoms with E-state index in [1.165, 1.54) is 0 Å². The minimum Gasteiger partial charge on any atom is -0.492 e. The maximum absolute atomic E-state index is 12.6. The van der Waals surface area contributed by atoms with Gasteiger partial charge in [0.15, 0.2) is 5.43 Å². The fourth-order valence-corrected chi connectivity index (χ4v) is 3.16. The lowest BCUT2D eigenvalue weighted by molar-refractivity contribution is 0.314. The van der Waals surface area contributed by atoms with Gasteiger partial charge in [0.25, 0.3) is 0 Å². The lowest BCUT2D eigenvalue weighted by Gasteiger charge is -2.04. The Morgan fingerprint density at radius 1 is 1.15 bits per heavy atom. The normalized spacial score (nSPS) is 11.1. The number of hydrogen-bond acceptors (Lipinski definition) is 3. The first-order chi connectivity index (χ1) is 9.81. The van der Waals surface area contributed by atoms with Crippen LogP contribution in [-0.2, 0) is 0 Å². The molecule has 102 valence electrons. The summed E-state index contributed by atoms with van der Waals surface area (Å²) in [6.07, 6.45) is 2.12. The van der Waals surface area contributed by atoms with E-state index >= 15 is 0 Å². The van der Waals surface area contributed by atoms with Gasteiger partial charge in [-0.1, -0.05) is 37.6 Å². The van der Waals surface area contributed by atoms with E-state index in [0.29, 0.717) is 6.61 Å². The van der Waals surface area contributed by atoms with Crippen molar-refractivity contribution in [1.82, 2.24) is 0 Å². The van der Waals surface area contributed by atoms with Gasteiger partial charge in [0.2, 0.25) is 0 Å². The zero-order valence-corrected chi connectivity index (χ0v) is 12.2. The molecule has 0 aliphatic heterocycles. The summed E-state index contributed by atoms with van der Waals surface area (Å²) < 4.78 is 6.86. The Hall–Kier alpha value is -1.87. The summed E-state index contributed by atoms with van der Waals surface area (Å²) in [7, 11) is 0. The molecule has 0 saturated heterocycles. The molecule has 0 atom stereocenters. The summed E-state index contributed by atoms with van der Waals surface area (Å²) in [5.74, 6) is 0.821. The predicted molar refractivity (Wildman–Crippen MR) is 86.0 cm³/mol. The van der Waals surface area contributed by atoms with Crippen LogP contribution in [0, 0.1) is 0 Å². The van der Waals surface area contributed by atoms with Crippen molar-refractivity contribution in [2.45, 2.75) is 19.8 Å². The second-order valence-electron chi connectivity index (χ2n) is 4.79. The third kappa shape index (κ3) is 2.29. The van der Waals surface area contributed by atoms with E-state index in [2.05, 4.69) is 6.92 Å². The van der Waals surface area contributed by atoms with Crippen molar-refractivity contribution in [1.29, 1.82) is 0 Å². The summed E-state index contributed by atoms with van der Waals surface area (Å²) in [6, 6.07) is 11.6. The second-order valence-corrected chi connectivity index (χ2v) is 5.71. The van der Waals surface area contributed by atoms with Gasteiger partial charge in [-0.25, -0.2) is 0 Å². The lowest BCUT2D eigenvalue weighted by atomic mass is 10.2. The van der Waals surface area contributed by atoms with Gasteiger partial charge < -0.3 is 4.74 Å². The molecule has 0 spiro atoms. The molecule has 1 aromatic heterocycles. The number of rotatable bonds is 4. The van der Waals surface area contributed by atoms with Crippen molar-refractivity contribution < 1.29 is 4.74 Å². The summed E-state index contributed by atoms with van der Waals surface area (Å²) in [5, 5.41) is 4.39. The quantitative estimate of drug-likeness (QED) is 0.655. The molecular weight excluding hydrogens is 268 g/mol. The highest BCUT2D eigenvalue weighted by atomic mass is 32.1. The minimum atomic E-state index is 0.0854. The predicted octanol–water partition coefficient (Wildman–Crippen LogP) is 4.59. The first-order valence-electron chi connectivity index (χ1n) is 6.87. The van der Waals surface area contributed by atoms with Crippen LogP contribution in [-0.4, -0.2) is 6.61 Å². The number of ether oxygens (including phenoxy) is 1. The third-order valence-electron chi connectivity index (χ3n) is 3.38. The highest BCUT2D eigenvalue weighted by Crippen LogP contribution is 2.30. The standard InChI is InChI=1S/C17H16O2S/c1-2-3-9-19-15-11-12-6-4-5-7-13(12)16(18)14-8-10-20-17(14)15/h4-8,10-11H,2-3,9H2,1H3. The van der Waals surface area contributed by atoms with Crippen molar-refractivity contribution in [2.75, 3.05) is 6.61 Å². The third-order valence-corrected chi connectivity index (χ3v) is 4.31. The van der Waals surface area contributed by atoms with Crippen LogP contribution < -0.4 is 10.2 Å². The van der Waals surface area contributed by atoms with E-state index in [1.807, 2.05) is 41.8 Å². The van der Waals surface area contributed by atoms with Crippen molar-refractivity contribution in [3.8, 4) is 5.75 Å². The zero-order chi connectivity index (χ0) is 13.9. The van der Waals surface area contributed by atoms with Crippen LogP contribution in [0.3, 0.4) is 0 Å². The van der Waals surface area contributed by atoms with Gasteiger partial charge in [-0.3, -0.25) is 4.79 Å². The monoisotopic (exact) mass is 284 g/mol. The molecule has 0 radical (unpaired) electrons. The van der Waals surface area contributed by atoms with E-state index in [4.69, 9.17) is 4.74 Å². The van der Waals surface area contributed by atoms with Gasteiger partial charge in [0.1, 0.15) is 5.75 Å². The molecule has 1 heterocycles. The Morgan fingerprint density at radius 3 is 2.85 bits per heavy atom. The van der Waals surface area contributed by atoms with E-state index in [1.54, 1.807) is 11.3 Å². The van der Waals surface area contributed by atoms with Crippen LogP contribution in [0.15, 0.2) is 46.6 Å². The maximum Gasteiger partial charge on any atom is 0.195 e. The first-order valence-corrected chi connectivity index (χ1v) is 7.75. The average molecular weight is 284 g/mol. The molecule has 0 aliphatic carbocycles. The summed E-state index contributed by atoms with van der Waals surface area (Å²) in [5.41, 5.74) is 0.0854. The molecule has 0 saturated carbocycles. The Bertz CT molecular complexity index is 805. The van der Waals surface area contributed by atoms with Crippen LogP contribution in [0.1, 0.15) is 19.8 Å². The van der Waals surface area contributed by atoms with Crippen LogP contribution in [0.4, 0.5) is 0 Å². The minimum absolute atomic E-state index is 0.0854. The Labute approximate surface area is 121 Å². The molecule has 0 unspecified atom stereocenters. The van der Waals surface area contributed by atoms with Crippen LogP contribution >= 0.6 is 11.3 Å². The fourth-order valence-electron chi connectivity index (χ4n) is 2.29. The van der Waals surface area contributed by atoms with Crippen molar-refractivity contribution in [3.05, 3.63) is 52.0 Å². The number of benzene rings is 1. The fraction of sp³-hybridized carbons (Fsp3) is 0.235. The molecule has 3 heteroatoms. The number of fused-ring (bicyclic) bond motifs is 2. The van der Waals surface area contributed by atoms with Crippen LogP contribution in [0.25, 0.3) is 20.9 Å². The molecule has 3 aromatic rings. The summed E-state index contributed by atoms with van der Waals surface area (Å²) >= 11 is 1.57. The second kappa shape index (κ2) is 5.63. The Kier molecular flexibility index (Phi) is 3.70. The van der Waals surface area contributed by atoms with E-state index in [-0.39, 0.29) is 5.43 Å². The molecular formula is C17H16O2S. The van der Waals surface area contributed by atoms with E-state index < -0.39 is 0 Å². The zero-order valence-electron chi connectivity index (χ0n) is 11.4. The van der Waals surface area contributed by atoms with Crippen molar-refractivity contribution in [3.63, 3.8) is 0 Å². The molecule has 0 aliphatic rings. The lowest BCUT2D eigenvalue weighted by Crippen LogP contribution is -1.97. The molecule has 2 aromatic carbocycles. The van der Waals surface area contributed by atoms with Crippen LogP contribution in [0.2, 0.25) is 0 Å². The molecule has 0 N–H and O–H groups in total. The Balaban J connectivity index is 2.28. The van der Waals surface area contributed by atoms with Crippen molar-refractivity contribution in [2.24, 2.45) is 0 Å². The smallest absolute Gasteiger partial charge is 0.195 e. The van der Waals surface area contributed by atoms with Gasteiger partial charge in [0, 0.05) is 10.8 Å². The molecule has 20 heavy (non-hydrogen) atoms. The van der Waals surface area contributed by atoms with Gasteiger partial charge in [0.05, 0.1) is 11.3 Å². The topological polar surface area (TPSA) is 26.3 Å². The van der Waals surface area contributed by atoms with Crippen molar-refractivity contribution >= 4 is 32.2 Å². The van der Waals surface area contributed by atoms with E-state index in [0.717, 1.165) is 39.4 Å². The van der Waals surface area contributed by atoms with Gasteiger partial charge >= 0.3 is 0 Å². The molecule has 0 amide bonds. The SMILES string of the molecule is CCCCOc1cc2ccccc2c(=O)c2ccsc12. The molecule has 2 nitrogen and oxygen atoms in total. The maximum atomic E-state index is 12.6. The number of hydrogen-bond donors (Lipinski definition) is 0. The summed E-state index contributed by atoms with van der Waals surface area (Å²) in [6.45, 7) is 2.83. The first kappa shape index (κ1) is 13.1. The highest BCUT2D eigenvalue weighted by Gasteiger charge is 2.09. The highest BCUT2D eigenvalue weighted by molar-refractivity contribution is 7.17. The summed E-state index contributed by atoms with van der Waals surface area (Å²) in [4.78, 5) is 12.6.